The molecular formula is C19H24N2O5. The fraction of sp³-hybridized carbons (Fsp3) is 0.421. The van der Waals surface area contributed by atoms with Gasteiger partial charge in [-0.1, -0.05) is 24.8 Å². The molecule has 0 saturated carbocycles. The molecule has 1 unspecified atom stereocenters. The molecule has 1 aromatic rings. The van der Waals surface area contributed by atoms with Gasteiger partial charge in [-0.2, -0.15) is 0 Å². The van der Waals surface area contributed by atoms with Crippen molar-refractivity contribution in [1.29, 1.82) is 0 Å². The fourth-order valence-corrected chi connectivity index (χ4v) is 2.90. The Morgan fingerprint density at radius 3 is 2.81 bits per heavy atom. The minimum absolute atomic E-state index is 0.110. The van der Waals surface area contributed by atoms with Gasteiger partial charge in [0.2, 0.25) is 5.91 Å². The maximum atomic E-state index is 12.7. The van der Waals surface area contributed by atoms with Crippen LogP contribution in [0.15, 0.2) is 36.9 Å². The number of benzene rings is 1. The van der Waals surface area contributed by atoms with Gasteiger partial charge in [-0.3, -0.25) is 14.4 Å². The first-order valence-electron chi connectivity index (χ1n) is 8.52. The molecular weight excluding hydrogens is 336 g/mol. The number of hydrogen-bond donors (Lipinski definition) is 1. The first-order chi connectivity index (χ1) is 12.4. The lowest BCUT2D eigenvalue weighted by atomic mass is 9.98. The molecule has 7 heteroatoms. The van der Waals surface area contributed by atoms with Crippen molar-refractivity contribution in [3.63, 3.8) is 0 Å². The number of piperidine rings is 1. The second-order valence-corrected chi connectivity index (χ2v) is 6.27. The minimum atomic E-state index is -0.889. The van der Waals surface area contributed by atoms with E-state index in [0.29, 0.717) is 30.7 Å². The summed E-state index contributed by atoms with van der Waals surface area (Å²) in [5, 5.41) is 9.13. The first-order valence-corrected chi connectivity index (χ1v) is 8.52. The number of ether oxygens (including phenoxy) is 1. The van der Waals surface area contributed by atoms with Gasteiger partial charge in [-0.05, 0) is 25.0 Å². The van der Waals surface area contributed by atoms with Crippen LogP contribution in [-0.2, 0) is 9.59 Å². The maximum absolute atomic E-state index is 12.7. The minimum Gasteiger partial charge on any atom is -0.489 e. The Morgan fingerprint density at radius 1 is 1.38 bits per heavy atom. The molecule has 26 heavy (non-hydrogen) atoms. The summed E-state index contributed by atoms with van der Waals surface area (Å²) in [6.45, 7) is 4.45. The van der Waals surface area contributed by atoms with Gasteiger partial charge in [0.25, 0.3) is 5.91 Å². The molecule has 2 rings (SSSR count). The van der Waals surface area contributed by atoms with Crippen LogP contribution in [0.25, 0.3) is 0 Å². The van der Waals surface area contributed by atoms with E-state index in [1.807, 2.05) is 0 Å². The molecule has 0 radical (unpaired) electrons. The molecule has 1 saturated heterocycles. The van der Waals surface area contributed by atoms with Crippen molar-refractivity contribution < 1.29 is 24.2 Å². The maximum Gasteiger partial charge on any atom is 0.308 e. The normalized spacial score (nSPS) is 16.7. The van der Waals surface area contributed by atoms with Crippen LogP contribution in [0.2, 0.25) is 0 Å². The Bertz CT molecular complexity index is 688. The summed E-state index contributed by atoms with van der Waals surface area (Å²) >= 11 is 0. The number of para-hydroxylation sites is 1. The number of likely N-dealkylation sites (N-methyl/N-ethyl adjacent to an activating group) is 1. The third-order valence-electron chi connectivity index (χ3n) is 4.32. The molecule has 1 atom stereocenters. The summed E-state index contributed by atoms with van der Waals surface area (Å²) in [7, 11) is 1.54. The van der Waals surface area contributed by atoms with E-state index in [0.717, 1.165) is 0 Å². The number of amides is 2. The van der Waals surface area contributed by atoms with Gasteiger partial charge < -0.3 is 19.6 Å². The van der Waals surface area contributed by atoms with Crippen LogP contribution in [0.4, 0.5) is 0 Å². The number of likely N-dealkylation sites (tertiary alicyclic amines) is 1. The van der Waals surface area contributed by atoms with Crippen LogP contribution in [0, 0.1) is 5.92 Å². The molecule has 0 spiro atoms. The molecule has 2 amide bonds. The van der Waals surface area contributed by atoms with E-state index in [9.17, 15) is 14.4 Å². The van der Waals surface area contributed by atoms with Crippen molar-refractivity contribution in [1.82, 2.24) is 9.80 Å². The van der Waals surface area contributed by atoms with Gasteiger partial charge >= 0.3 is 5.97 Å². The molecule has 7 nitrogen and oxygen atoms in total. The molecule has 0 aromatic heterocycles. The van der Waals surface area contributed by atoms with E-state index in [4.69, 9.17) is 9.84 Å². The third kappa shape index (κ3) is 4.84. The Kier molecular flexibility index (Phi) is 6.77. The number of carboxylic acids is 1. The van der Waals surface area contributed by atoms with Crippen molar-refractivity contribution in [3.8, 4) is 5.75 Å². The van der Waals surface area contributed by atoms with Crippen molar-refractivity contribution >= 4 is 17.8 Å². The zero-order chi connectivity index (χ0) is 19.1. The highest BCUT2D eigenvalue weighted by Gasteiger charge is 2.29. The lowest BCUT2D eigenvalue weighted by Crippen LogP contribution is -2.46. The van der Waals surface area contributed by atoms with E-state index in [-0.39, 0.29) is 31.5 Å². The number of carbonyl (C=O) groups excluding carboxylic acids is 2. The van der Waals surface area contributed by atoms with Crippen molar-refractivity contribution in [2.24, 2.45) is 5.92 Å². The van der Waals surface area contributed by atoms with Crippen molar-refractivity contribution in [2.45, 2.75) is 12.8 Å². The molecule has 1 aromatic carbocycles. The number of aliphatic carboxylic acids is 1. The predicted octanol–water partition coefficient (Wildman–Crippen LogP) is 1.65. The highest BCUT2D eigenvalue weighted by atomic mass is 16.5. The highest BCUT2D eigenvalue weighted by molar-refractivity contribution is 5.98. The number of carbonyl (C=O) groups is 3. The van der Waals surface area contributed by atoms with Gasteiger partial charge in [0.1, 0.15) is 12.4 Å². The average molecular weight is 360 g/mol. The first kappa shape index (κ1) is 19.5. The SMILES string of the molecule is C=CCOc1ccccc1C(=O)N(C)CC(=O)N1CCCC(C(=O)O)C1. The zero-order valence-corrected chi connectivity index (χ0v) is 14.9. The Morgan fingerprint density at radius 2 is 2.12 bits per heavy atom. The number of nitrogens with zero attached hydrogens (tertiary/aromatic N) is 2. The van der Waals surface area contributed by atoms with Crippen LogP contribution in [0.3, 0.4) is 0 Å². The summed E-state index contributed by atoms with van der Waals surface area (Å²) in [5.41, 5.74) is 0.367. The third-order valence-corrected chi connectivity index (χ3v) is 4.32. The fourth-order valence-electron chi connectivity index (χ4n) is 2.90. The summed E-state index contributed by atoms with van der Waals surface area (Å²) in [4.78, 5) is 39.1. The number of rotatable bonds is 7. The van der Waals surface area contributed by atoms with E-state index >= 15 is 0 Å². The highest BCUT2D eigenvalue weighted by Crippen LogP contribution is 2.20. The Hall–Kier alpha value is -2.83. The molecule has 1 N–H and O–H groups in total. The Balaban J connectivity index is 2.01. The average Bonchev–Trinajstić information content (AvgIpc) is 2.66. The summed E-state index contributed by atoms with van der Waals surface area (Å²) < 4.78 is 5.49. The second kappa shape index (κ2) is 9.03. The van der Waals surface area contributed by atoms with Gasteiger partial charge in [0.15, 0.2) is 0 Å². The van der Waals surface area contributed by atoms with Crippen molar-refractivity contribution in [2.75, 3.05) is 33.3 Å². The lowest BCUT2D eigenvalue weighted by Gasteiger charge is -2.32. The van der Waals surface area contributed by atoms with Crippen LogP contribution in [-0.4, -0.2) is 66.0 Å². The quantitative estimate of drug-likeness (QED) is 0.747. The standard InChI is InChI=1S/C19H24N2O5/c1-3-11-26-16-9-5-4-8-15(16)18(23)20(2)13-17(22)21-10-6-7-14(12-21)19(24)25/h3-5,8-9,14H,1,6-7,10-13H2,2H3,(H,24,25). The molecule has 140 valence electrons. The smallest absolute Gasteiger partial charge is 0.308 e. The topological polar surface area (TPSA) is 87.2 Å². The second-order valence-electron chi connectivity index (χ2n) is 6.27. The van der Waals surface area contributed by atoms with Crippen LogP contribution in [0.5, 0.6) is 5.75 Å². The summed E-state index contributed by atoms with van der Waals surface area (Å²) in [6, 6.07) is 6.82. The van der Waals surface area contributed by atoms with Gasteiger partial charge in [-0.25, -0.2) is 0 Å². The largest absolute Gasteiger partial charge is 0.489 e. The van der Waals surface area contributed by atoms with Gasteiger partial charge in [-0.15, -0.1) is 0 Å². The molecule has 1 aliphatic rings. The Labute approximate surface area is 152 Å². The summed E-state index contributed by atoms with van der Waals surface area (Å²) in [6.07, 6.45) is 2.81. The molecule has 0 bridgehead atoms. The van der Waals surface area contributed by atoms with E-state index < -0.39 is 11.9 Å². The van der Waals surface area contributed by atoms with Crippen LogP contribution < -0.4 is 4.74 Å². The zero-order valence-electron chi connectivity index (χ0n) is 14.9. The molecule has 0 aliphatic carbocycles. The van der Waals surface area contributed by atoms with Gasteiger partial charge in [0.05, 0.1) is 18.0 Å². The number of hydrogen-bond acceptors (Lipinski definition) is 4. The molecule has 1 aliphatic heterocycles. The van der Waals surface area contributed by atoms with E-state index in [1.165, 1.54) is 9.80 Å². The van der Waals surface area contributed by atoms with E-state index in [1.54, 1.807) is 37.4 Å². The predicted molar refractivity (Wildman–Crippen MR) is 96.0 cm³/mol. The van der Waals surface area contributed by atoms with Crippen LogP contribution in [0.1, 0.15) is 23.2 Å². The molecule has 1 fully saturated rings. The van der Waals surface area contributed by atoms with E-state index in [2.05, 4.69) is 6.58 Å². The monoisotopic (exact) mass is 360 g/mol. The molecule has 1 heterocycles. The lowest BCUT2D eigenvalue weighted by molar-refractivity contribution is -0.145. The van der Waals surface area contributed by atoms with Crippen molar-refractivity contribution in [3.05, 3.63) is 42.5 Å². The summed E-state index contributed by atoms with van der Waals surface area (Å²) in [5.74, 6) is -1.58. The van der Waals surface area contributed by atoms with Gasteiger partial charge in [0, 0.05) is 20.1 Å². The number of carboxylic acid groups (broad SMARTS) is 1. The van der Waals surface area contributed by atoms with Crippen LogP contribution >= 0.6 is 0 Å².